The number of aryl methyl sites for hydroxylation is 2. The van der Waals surface area contributed by atoms with Gasteiger partial charge in [-0.3, -0.25) is 4.99 Å². The van der Waals surface area contributed by atoms with Crippen LogP contribution in [0.3, 0.4) is 0 Å². The van der Waals surface area contributed by atoms with Crippen LogP contribution in [0.1, 0.15) is 11.1 Å². The van der Waals surface area contributed by atoms with Crippen LogP contribution in [-0.4, -0.2) is 31.2 Å². The molecule has 2 rings (SSSR count). The van der Waals surface area contributed by atoms with E-state index in [-0.39, 0.29) is 12.4 Å². The van der Waals surface area contributed by atoms with Crippen molar-refractivity contribution in [2.75, 3.05) is 30.4 Å². The second-order valence-corrected chi connectivity index (χ2v) is 5.05. The number of halogens is 1. The fourth-order valence-corrected chi connectivity index (χ4v) is 2.16. The van der Waals surface area contributed by atoms with Gasteiger partial charge >= 0.3 is 0 Å². The van der Waals surface area contributed by atoms with Gasteiger partial charge in [0.1, 0.15) is 0 Å². The first kappa shape index (κ1) is 16.5. The zero-order valence-corrected chi connectivity index (χ0v) is 13.5. The molecular weight excluding hydrogens is 294 g/mol. The monoisotopic (exact) mass is 313 g/mol. The van der Waals surface area contributed by atoms with Crippen molar-refractivity contribution in [2.45, 2.75) is 13.8 Å². The van der Waals surface area contributed by atoms with Crippen LogP contribution in [0.15, 0.2) is 17.1 Å². The quantitative estimate of drug-likeness (QED) is 0.726. The van der Waals surface area contributed by atoms with E-state index < -0.39 is 0 Å². The average Bonchev–Trinajstić information content (AvgIpc) is 2.85. The van der Waals surface area contributed by atoms with E-state index in [1.54, 1.807) is 4.90 Å². The predicted molar refractivity (Wildman–Crippen MR) is 92.3 cm³/mol. The van der Waals surface area contributed by atoms with E-state index in [9.17, 15) is 0 Å². The molecular formula is C13H20ClN5S. The van der Waals surface area contributed by atoms with E-state index in [1.807, 2.05) is 7.05 Å². The maximum absolute atomic E-state index is 5.65. The molecule has 4 N–H and O–H groups in total. The molecule has 1 aliphatic heterocycles. The summed E-state index contributed by atoms with van der Waals surface area (Å²) in [6.45, 7) is 5.83. The van der Waals surface area contributed by atoms with Gasteiger partial charge in [-0.1, -0.05) is 0 Å². The minimum absolute atomic E-state index is 0. The van der Waals surface area contributed by atoms with Gasteiger partial charge in [-0.2, -0.15) is 0 Å². The highest BCUT2D eigenvalue weighted by Crippen LogP contribution is 2.26. The van der Waals surface area contributed by atoms with Gasteiger partial charge in [0.15, 0.2) is 11.1 Å². The summed E-state index contributed by atoms with van der Waals surface area (Å²) >= 11 is 4.99. The number of hydrogen-bond donors (Lipinski definition) is 3. The standard InChI is InChI=1S/C13H19N5S.ClH/c1-8-6-10(18(3)12(14)19)7-9(2)11(8)17-13-15-4-5-16-13;/h6-7H,4-5H2,1-3H3,(H2,14,19)(H2,15,16,17);1H. The Morgan fingerprint density at radius 1 is 1.40 bits per heavy atom. The number of anilines is 2. The third-order valence-corrected chi connectivity index (χ3v) is 3.43. The molecule has 7 heteroatoms. The summed E-state index contributed by atoms with van der Waals surface area (Å²) in [5, 5.41) is 6.89. The van der Waals surface area contributed by atoms with Crippen LogP contribution in [0.2, 0.25) is 0 Å². The zero-order chi connectivity index (χ0) is 14.0. The summed E-state index contributed by atoms with van der Waals surface area (Å²) < 4.78 is 0. The second-order valence-electron chi connectivity index (χ2n) is 4.63. The molecule has 110 valence electrons. The Kier molecular flexibility index (Phi) is 5.59. The van der Waals surface area contributed by atoms with Crippen molar-refractivity contribution in [1.29, 1.82) is 0 Å². The molecule has 1 aromatic carbocycles. The Morgan fingerprint density at radius 3 is 2.45 bits per heavy atom. The van der Waals surface area contributed by atoms with Gasteiger partial charge in [-0.25, -0.2) is 0 Å². The van der Waals surface area contributed by atoms with E-state index in [0.717, 1.165) is 41.6 Å². The lowest BCUT2D eigenvalue weighted by Gasteiger charge is -2.21. The van der Waals surface area contributed by atoms with Crippen molar-refractivity contribution in [3.8, 4) is 0 Å². The number of benzene rings is 1. The van der Waals surface area contributed by atoms with Crippen LogP contribution >= 0.6 is 24.6 Å². The molecule has 20 heavy (non-hydrogen) atoms. The molecule has 0 atom stereocenters. The number of aliphatic imine (C=N–C) groups is 1. The first-order valence-corrected chi connectivity index (χ1v) is 6.59. The molecule has 0 aromatic heterocycles. The maximum atomic E-state index is 5.65. The van der Waals surface area contributed by atoms with Gasteiger partial charge in [-0.15, -0.1) is 12.4 Å². The number of guanidine groups is 1. The highest BCUT2D eigenvalue weighted by Gasteiger charge is 2.12. The van der Waals surface area contributed by atoms with E-state index in [0.29, 0.717) is 5.11 Å². The average molecular weight is 314 g/mol. The van der Waals surface area contributed by atoms with Crippen LogP contribution in [0, 0.1) is 13.8 Å². The molecule has 0 saturated heterocycles. The van der Waals surface area contributed by atoms with Gasteiger partial charge in [-0.05, 0) is 49.3 Å². The molecule has 1 aliphatic rings. The molecule has 0 fully saturated rings. The second kappa shape index (κ2) is 6.76. The Bertz CT molecular complexity index is 521. The summed E-state index contributed by atoms with van der Waals surface area (Å²) in [4.78, 5) is 6.14. The van der Waals surface area contributed by atoms with Crippen molar-refractivity contribution in [2.24, 2.45) is 10.7 Å². The minimum atomic E-state index is 0. The lowest BCUT2D eigenvalue weighted by Crippen LogP contribution is -2.31. The van der Waals surface area contributed by atoms with Crippen LogP contribution in [0.4, 0.5) is 11.4 Å². The number of rotatable bonds is 2. The Balaban J connectivity index is 0.00000200. The Morgan fingerprint density at radius 2 is 2.00 bits per heavy atom. The van der Waals surface area contributed by atoms with Crippen LogP contribution in [0.5, 0.6) is 0 Å². The molecule has 5 nitrogen and oxygen atoms in total. The summed E-state index contributed by atoms with van der Waals surface area (Å²) in [5.41, 5.74) is 9.99. The highest BCUT2D eigenvalue weighted by atomic mass is 35.5. The molecule has 0 spiro atoms. The molecule has 0 saturated carbocycles. The van der Waals surface area contributed by atoms with Crippen molar-refractivity contribution < 1.29 is 0 Å². The van der Waals surface area contributed by atoms with Crippen LogP contribution < -0.4 is 21.3 Å². The predicted octanol–water partition coefficient (Wildman–Crippen LogP) is 1.78. The molecule has 0 amide bonds. The summed E-state index contributed by atoms with van der Waals surface area (Å²) in [7, 11) is 1.87. The summed E-state index contributed by atoms with van der Waals surface area (Å²) in [6, 6.07) is 4.12. The number of hydrogen-bond acceptors (Lipinski definition) is 4. The SMILES string of the molecule is Cc1cc(N(C)C(N)=S)cc(C)c1NC1=NCCN1.Cl. The van der Waals surface area contributed by atoms with Crippen LogP contribution in [0.25, 0.3) is 0 Å². The third kappa shape index (κ3) is 3.52. The lowest BCUT2D eigenvalue weighted by molar-refractivity contribution is 0.959. The van der Waals surface area contributed by atoms with Crippen molar-refractivity contribution in [1.82, 2.24) is 5.32 Å². The van der Waals surface area contributed by atoms with E-state index in [1.165, 1.54) is 0 Å². The van der Waals surface area contributed by atoms with Gasteiger partial charge in [0, 0.05) is 25.0 Å². The van der Waals surface area contributed by atoms with Gasteiger partial charge in [0.05, 0.1) is 6.54 Å². The first-order chi connectivity index (χ1) is 8.99. The minimum Gasteiger partial charge on any atom is -0.376 e. The van der Waals surface area contributed by atoms with Crippen molar-refractivity contribution in [3.63, 3.8) is 0 Å². The fourth-order valence-electron chi connectivity index (χ4n) is 2.06. The number of nitrogens with two attached hydrogens (primary N) is 1. The summed E-state index contributed by atoms with van der Waals surface area (Å²) in [6.07, 6.45) is 0. The zero-order valence-electron chi connectivity index (χ0n) is 11.9. The Labute approximate surface area is 131 Å². The molecule has 0 bridgehead atoms. The van der Waals surface area contributed by atoms with E-state index >= 15 is 0 Å². The van der Waals surface area contributed by atoms with Gasteiger partial charge in [0.25, 0.3) is 0 Å². The molecule has 1 heterocycles. The Hall–Kier alpha value is -1.53. The topological polar surface area (TPSA) is 65.7 Å². The van der Waals surface area contributed by atoms with Gasteiger partial charge < -0.3 is 21.3 Å². The lowest BCUT2D eigenvalue weighted by atomic mass is 10.1. The van der Waals surface area contributed by atoms with Crippen molar-refractivity contribution in [3.05, 3.63) is 23.3 Å². The smallest absolute Gasteiger partial charge is 0.195 e. The fraction of sp³-hybridized carbons (Fsp3) is 0.385. The van der Waals surface area contributed by atoms with E-state index in [2.05, 4.69) is 41.6 Å². The highest BCUT2D eigenvalue weighted by molar-refractivity contribution is 7.80. The number of thiocarbonyl (C=S) groups is 1. The molecule has 0 unspecified atom stereocenters. The summed E-state index contributed by atoms with van der Waals surface area (Å²) in [5.74, 6) is 0.835. The first-order valence-electron chi connectivity index (χ1n) is 6.19. The van der Waals surface area contributed by atoms with E-state index in [4.69, 9.17) is 18.0 Å². The largest absolute Gasteiger partial charge is 0.376 e. The van der Waals surface area contributed by atoms with Crippen LogP contribution in [-0.2, 0) is 0 Å². The molecule has 1 aromatic rings. The normalized spacial score (nSPS) is 13.1. The number of nitrogens with one attached hydrogen (secondary N) is 2. The maximum Gasteiger partial charge on any atom is 0.195 e. The van der Waals surface area contributed by atoms with Crippen molar-refractivity contribution >= 4 is 47.1 Å². The third-order valence-electron chi connectivity index (χ3n) is 3.15. The molecule has 0 aliphatic carbocycles. The molecule has 0 radical (unpaired) electrons. The van der Waals surface area contributed by atoms with Gasteiger partial charge in [0.2, 0.25) is 0 Å². The number of nitrogens with zero attached hydrogens (tertiary/aromatic N) is 2.